The SMILES string of the molecule is Cc1cc(C(=O)N[C@H]2CC(C)(C)Cc3c2cnn3-c2ccccc2)n(C)n1. The lowest BCUT2D eigenvalue weighted by Crippen LogP contribution is -2.37. The van der Waals surface area contributed by atoms with Gasteiger partial charge < -0.3 is 5.32 Å². The summed E-state index contributed by atoms with van der Waals surface area (Å²) in [4.78, 5) is 12.8. The normalized spacial score (nSPS) is 18.1. The molecule has 0 unspecified atom stereocenters. The Bertz CT molecular complexity index is 983. The van der Waals surface area contributed by atoms with Crippen LogP contribution in [-0.4, -0.2) is 25.5 Å². The van der Waals surface area contributed by atoms with Crippen LogP contribution in [0.15, 0.2) is 42.6 Å². The molecule has 1 N–H and O–H groups in total. The molecule has 0 spiro atoms. The van der Waals surface area contributed by atoms with Gasteiger partial charge in [-0.25, -0.2) is 4.68 Å². The molecule has 1 aliphatic rings. The highest BCUT2D eigenvalue weighted by Gasteiger charge is 2.36. The zero-order chi connectivity index (χ0) is 19.2. The lowest BCUT2D eigenvalue weighted by molar-refractivity contribution is 0.0909. The van der Waals surface area contributed by atoms with E-state index in [1.54, 1.807) is 11.7 Å². The van der Waals surface area contributed by atoms with Crippen molar-refractivity contribution in [2.75, 3.05) is 0 Å². The Kier molecular flexibility index (Phi) is 4.13. The predicted molar refractivity (Wildman–Crippen MR) is 104 cm³/mol. The van der Waals surface area contributed by atoms with E-state index in [9.17, 15) is 4.79 Å². The van der Waals surface area contributed by atoms with E-state index in [0.717, 1.165) is 29.8 Å². The number of rotatable bonds is 3. The van der Waals surface area contributed by atoms with Crippen molar-refractivity contribution in [3.8, 4) is 5.69 Å². The molecule has 6 heteroatoms. The maximum Gasteiger partial charge on any atom is 0.270 e. The Hall–Kier alpha value is -2.89. The molecule has 1 amide bonds. The zero-order valence-corrected chi connectivity index (χ0v) is 16.2. The van der Waals surface area contributed by atoms with Gasteiger partial charge in [-0.05, 0) is 43.4 Å². The minimum absolute atomic E-state index is 0.0658. The van der Waals surface area contributed by atoms with Gasteiger partial charge in [-0.15, -0.1) is 0 Å². The number of para-hydroxylation sites is 1. The Labute approximate surface area is 159 Å². The van der Waals surface area contributed by atoms with Crippen molar-refractivity contribution in [3.63, 3.8) is 0 Å². The summed E-state index contributed by atoms with van der Waals surface area (Å²) >= 11 is 0. The third-order valence-electron chi connectivity index (χ3n) is 5.22. The fraction of sp³-hybridized carbons (Fsp3) is 0.381. The Morgan fingerprint density at radius 2 is 2.00 bits per heavy atom. The number of nitrogens with one attached hydrogen (secondary N) is 1. The number of carbonyl (C=O) groups is 1. The topological polar surface area (TPSA) is 64.7 Å². The summed E-state index contributed by atoms with van der Waals surface area (Å²) in [5, 5.41) is 12.1. The van der Waals surface area contributed by atoms with Crippen LogP contribution in [0.4, 0.5) is 0 Å². The van der Waals surface area contributed by atoms with Gasteiger partial charge in [0.2, 0.25) is 0 Å². The number of aryl methyl sites for hydroxylation is 2. The second-order valence-corrected chi connectivity index (χ2v) is 8.16. The van der Waals surface area contributed by atoms with Crippen LogP contribution in [0.25, 0.3) is 5.69 Å². The van der Waals surface area contributed by atoms with Crippen molar-refractivity contribution < 1.29 is 4.79 Å². The molecule has 6 nitrogen and oxygen atoms in total. The van der Waals surface area contributed by atoms with Crippen molar-refractivity contribution in [2.45, 2.75) is 39.7 Å². The summed E-state index contributed by atoms with van der Waals surface area (Å²) in [6, 6.07) is 11.9. The summed E-state index contributed by atoms with van der Waals surface area (Å²) in [6.07, 6.45) is 3.70. The number of nitrogens with zero attached hydrogens (tertiary/aromatic N) is 4. The Balaban J connectivity index is 1.69. The van der Waals surface area contributed by atoms with Crippen LogP contribution in [0.5, 0.6) is 0 Å². The maximum atomic E-state index is 12.8. The van der Waals surface area contributed by atoms with Crippen LogP contribution in [0.3, 0.4) is 0 Å². The van der Waals surface area contributed by atoms with E-state index in [0.29, 0.717) is 5.69 Å². The van der Waals surface area contributed by atoms with Gasteiger partial charge in [0, 0.05) is 12.6 Å². The second-order valence-electron chi connectivity index (χ2n) is 8.16. The molecule has 27 heavy (non-hydrogen) atoms. The smallest absolute Gasteiger partial charge is 0.270 e. The zero-order valence-electron chi connectivity index (χ0n) is 16.2. The van der Waals surface area contributed by atoms with Gasteiger partial charge in [0.15, 0.2) is 0 Å². The first-order chi connectivity index (χ1) is 12.8. The van der Waals surface area contributed by atoms with Crippen LogP contribution in [0, 0.1) is 12.3 Å². The second kappa shape index (κ2) is 6.37. The van der Waals surface area contributed by atoms with Crippen molar-refractivity contribution in [2.24, 2.45) is 12.5 Å². The highest BCUT2D eigenvalue weighted by Crippen LogP contribution is 2.41. The number of fused-ring (bicyclic) bond motifs is 1. The molecule has 1 aromatic carbocycles. The quantitative estimate of drug-likeness (QED) is 0.776. The molecule has 1 aliphatic carbocycles. The molecule has 140 valence electrons. The van der Waals surface area contributed by atoms with E-state index in [2.05, 4.69) is 41.5 Å². The summed E-state index contributed by atoms with van der Waals surface area (Å²) in [6.45, 7) is 6.37. The molecule has 2 heterocycles. The van der Waals surface area contributed by atoms with E-state index in [1.807, 2.05) is 42.1 Å². The van der Waals surface area contributed by atoms with Crippen LogP contribution < -0.4 is 5.32 Å². The molecule has 0 aliphatic heterocycles. The van der Waals surface area contributed by atoms with Crippen LogP contribution >= 0.6 is 0 Å². The van der Waals surface area contributed by atoms with E-state index >= 15 is 0 Å². The lowest BCUT2D eigenvalue weighted by Gasteiger charge is -2.36. The van der Waals surface area contributed by atoms with Gasteiger partial charge in [-0.2, -0.15) is 10.2 Å². The molecule has 0 saturated heterocycles. The molecule has 4 rings (SSSR count). The number of hydrogen-bond donors (Lipinski definition) is 1. The fourth-order valence-corrected chi connectivity index (χ4v) is 4.02. The first-order valence-corrected chi connectivity index (χ1v) is 9.28. The first-order valence-electron chi connectivity index (χ1n) is 9.28. The van der Waals surface area contributed by atoms with Crippen molar-refractivity contribution >= 4 is 5.91 Å². The van der Waals surface area contributed by atoms with Crippen LogP contribution in [-0.2, 0) is 13.5 Å². The molecule has 3 aromatic rings. The number of carbonyl (C=O) groups excluding carboxylic acids is 1. The molecule has 1 atom stereocenters. The first kappa shape index (κ1) is 17.5. The third-order valence-corrected chi connectivity index (χ3v) is 5.22. The van der Waals surface area contributed by atoms with E-state index < -0.39 is 0 Å². The van der Waals surface area contributed by atoms with E-state index in [1.165, 1.54) is 5.69 Å². The number of hydrogen-bond acceptors (Lipinski definition) is 3. The number of aromatic nitrogens is 4. The predicted octanol–water partition coefficient (Wildman–Crippen LogP) is 3.36. The lowest BCUT2D eigenvalue weighted by atomic mass is 9.74. The monoisotopic (exact) mass is 363 g/mol. The highest BCUT2D eigenvalue weighted by molar-refractivity contribution is 5.93. The van der Waals surface area contributed by atoms with Crippen LogP contribution in [0.2, 0.25) is 0 Å². The average molecular weight is 363 g/mol. The maximum absolute atomic E-state index is 12.8. The average Bonchev–Trinajstić information content (AvgIpc) is 3.17. The highest BCUT2D eigenvalue weighted by atomic mass is 16.2. The van der Waals surface area contributed by atoms with Gasteiger partial charge in [0.05, 0.1) is 29.3 Å². The summed E-state index contributed by atoms with van der Waals surface area (Å²) in [5.41, 5.74) is 4.80. The standard InChI is InChI=1S/C21H25N5O/c1-14-10-18(25(4)24-14)20(27)23-17-11-21(2,3)12-19-16(17)13-22-26(19)15-8-6-5-7-9-15/h5-10,13,17H,11-12H2,1-4H3,(H,23,27)/t17-/m0/s1. The van der Waals surface area contributed by atoms with Crippen LogP contribution in [0.1, 0.15) is 53.7 Å². The van der Waals surface area contributed by atoms with Gasteiger partial charge in [-0.1, -0.05) is 32.0 Å². The van der Waals surface area contributed by atoms with E-state index in [-0.39, 0.29) is 17.4 Å². The summed E-state index contributed by atoms with van der Waals surface area (Å²) in [7, 11) is 1.80. The molecule has 2 aromatic heterocycles. The number of benzene rings is 1. The van der Waals surface area contributed by atoms with E-state index in [4.69, 9.17) is 0 Å². The Morgan fingerprint density at radius 1 is 1.26 bits per heavy atom. The van der Waals surface area contributed by atoms with Gasteiger partial charge in [-0.3, -0.25) is 9.48 Å². The van der Waals surface area contributed by atoms with Crippen molar-refractivity contribution in [1.29, 1.82) is 0 Å². The molecule has 0 saturated carbocycles. The molecule has 0 radical (unpaired) electrons. The summed E-state index contributed by atoms with van der Waals surface area (Å²) < 4.78 is 3.64. The molecule has 0 bridgehead atoms. The number of amides is 1. The molecular weight excluding hydrogens is 338 g/mol. The van der Waals surface area contributed by atoms with Gasteiger partial charge >= 0.3 is 0 Å². The summed E-state index contributed by atoms with van der Waals surface area (Å²) in [5.74, 6) is -0.0980. The largest absolute Gasteiger partial charge is 0.344 e. The fourth-order valence-electron chi connectivity index (χ4n) is 4.02. The molecular formula is C21H25N5O. The minimum Gasteiger partial charge on any atom is -0.344 e. The van der Waals surface area contributed by atoms with Crippen molar-refractivity contribution in [3.05, 3.63) is 65.2 Å². The van der Waals surface area contributed by atoms with Gasteiger partial charge in [0.1, 0.15) is 5.69 Å². The van der Waals surface area contributed by atoms with Gasteiger partial charge in [0.25, 0.3) is 5.91 Å². The third kappa shape index (κ3) is 3.27. The van der Waals surface area contributed by atoms with Crippen molar-refractivity contribution in [1.82, 2.24) is 24.9 Å². The molecule has 0 fully saturated rings. The Morgan fingerprint density at radius 3 is 2.67 bits per heavy atom. The minimum atomic E-state index is -0.0980.